The Bertz CT molecular complexity index is 530. The molecular formula is C15H21NOS. The first-order chi connectivity index (χ1) is 8.43. The summed E-state index contributed by atoms with van der Waals surface area (Å²) in [5, 5.41) is 13.9. The molecule has 0 bridgehead atoms. The molecule has 1 aromatic carbocycles. The molecule has 2 nitrogen and oxygen atoms in total. The second-order valence-corrected chi connectivity index (χ2v) is 6.44. The summed E-state index contributed by atoms with van der Waals surface area (Å²) in [6.07, 6.45) is 0.334. The molecule has 1 heterocycles. The molecule has 1 N–H and O–H groups in total. The van der Waals surface area contributed by atoms with Gasteiger partial charge in [0, 0.05) is 16.7 Å². The number of hydrogen-bond acceptors (Lipinski definition) is 3. The lowest BCUT2D eigenvalue weighted by atomic mass is 9.90. The third-order valence-corrected chi connectivity index (χ3v) is 4.95. The topological polar surface area (TPSA) is 23.5 Å². The van der Waals surface area contributed by atoms with E-state index in [0.717, 1.165) is 0 Å². The number of thiophene rings is 1. The number of benzene rings is 1. The van der Waals surface area contributed by atoms with Crippen molar-refractivity contribution in [2.24, 2.45) is 0 Å². The van der Waals surface area contributed by atoms with Gasteiger partial charge < -0.3 is 10.0 Å². The summed E-state index contributed by atoms with van der Waals surface area (Å²) in [7, 11) is 4.02. The van der Waals surface area contributed by atoms with Gasteiger partial charge in [-0.1, -0.05) is 18.2 Å². The van der Waals surface area contributed by atoms with Gasteiger partial charge in [0.05, 0.1) is 6.10 Å². The van der Waals surface area contributed by atoms with Crippen LogP contribution in [0.3, 0.4) is 0 Å². The molecule has 0 radical (unpaired) electrons. The molecule has 0 fully saturated rings. The van der Waals surface area contributed by atoms with E-state index in [1.54, 1.807) is 11.3 Å². The average molecular weight is 263 g/mol. The quantitative estimate of drug-likeness (QED) is 0.916. The zero-order valence-electron chi connectivity index (χ0n) is 11.5. The van der Waals surface area contributed by atoms with E-state index in [2.05, 4.69) is 48.4 Å². The van der Waals surface area contributed by atoms with Crippen molar-refractivity contribution in [3.05, 3.63) is 35.2 Å². The Hall–Kier alpha value is -0.900. The summed E-state index contributed by atoms with van der Waals surface area (Å²) in [6.45, 7) is 4.15. The first kappa shape index (κ1) is 13.5. The minimum atomic E-state index is -0.370. The molecule has 0 aliphatic rings. The highest BCUT2D eigenvalue weighted by atomic mass is 32.1. The van der Waals surface area contributed by atoms with E-state index in [-0.39, 0.29) is 11.6 Å². The SMILES string of the molecule is CN(C)C(C)(C)C(O)Cc1csc2ccccc12. The normalized spacial score (nSPS) is 14.3. The molecule has 0 spiro atoms. The third kappa shape index (κ3) is 2.44. The lowest BCUT2D eigenvalue weighted by molar-refractivity contribution is 0.0185. The van der Waals surface area contributed by atoms with Gasteiger partial charge in [0.2, 0.25) is 0 Å². The molecule has 1 atom stereocenters. The molecule has 0 amide bonds. The van der Waals surface area contributed by atoms with Gasteiger partial charge in [0.15, 0.2) is 0 Å². The first-order valence-electron chi connectivity index (χ1n) is 6.23. The lowest BCUT2D eigenvalue weighted by Gasteiger charge is -2.37. The molecule has 2 rings (SSSR count). The number of nitrogens with zero attached hydrogens (tertiary/aromatic N) is 1. The fourth-order valence-corrected chi connectivity index (χ4v) is 2.92. The second kappa shape index (κ2) is 5.00. The van der Waals surface area contributed by atoms with Gasteiger partial charge in [-0.15, -0.1) is 11.3 Å². The van der Waals surface area contributed by atoms with Crippen LogP contribution in [0.5, 0.6) is 0 Å². The summed E-state index contributed by atoms with van der Waals surface area (Å²) < 4.78 is 1.29. The van der Waals surface area contributed by atoms with E-state index in [4.69, 9.17) is 0 Å². The summed E-state index contributed by atoms with van der Waals surface area (Å²) in [5.74, 6) is 0. The Labute approximate surface area is 113 Å². The molecule has 3 heteroatoms. The van der Waals surface area contributed by atoms with Crippen molar-refractivity contribution in [1.29, 1.82) is 0 Å². The van der Waals surface area contributed by atoms with Crippen LogP contribution in [0.25, 0.3) is 10.1 Å². The lowest BCUT2D eigenvalue weighted by Crippen LogP contribution is -2.49. The van der Waals surface area contributed by atoms with Gasteiger partial charge in [-0.05, 0) is 50.3 Å². The zero-order valence-corrected chi connectivity index (χ0v) is 12.3. The highest BCUT2D eigenvalue weighted by molar-refractivity contribution is 7.17. The zero-order chi connectivity index (χ0) is 13.3. The van der Waals surface area contributed by atoms with E-state index < -0.39 is 0 Å². The van der Waals surface area contributed by atoms with Crippen molar-refractivity contribution < 1.29 is 5.11 Å². The fourth-order valence-electron chi connectivity index (χ4n) is 1.95. The van der Waals surface area contributed by atoms with E-state index in [9.17, 15) is 5.11 Å². The van der Waals surface area contributed by atoms with Crippen LogP contribution in [0.15, 0.2) is 29.6 Å². The monoisotopic (exact) mass is 263 g/mol. The number of likely N-dealkylation sites (N-methyl/N-ethyl adjacent to an activating group) is 1. The molecular weight excluding hydrogens is 242 g/mol. The fraction of sp³-hybridized carbons (Fsp3) is 0.467. The van der Waals surface area contributed by atoms with E-state index in [1.165, 1.54) is 15.6 Å². The van der Waals surface area contributed by atoms with Gasteiger partial charge in [0.25, 0.3) is 0 Å². The van der Waals surface area contributed by atoms with Crippen LogP contribution in [-0.2, 0) is 6.42 Å². The maximum atomic E-state index is 10.4. The van der Waals surface area contributed by atoms with Crippen LogP contribution in [0, 0.1) is 0 Å². The smallest absolute Gasteiger partial charge is 0.0758 e. The minimum absolute atomic E-state index is 0.219. The van der Waals surface area contributed by atoms with Crippen LogP contribution in [-0.4, -0.2) is 35.7 Å². The maximum Gasteiger partial charge on any atom is 0.0758 e. The van der Waals surface area contributed by atoms with Crippen molar-refractivity contribution in [2.45, 2.75) is 31.9 Å². The van der Waals surface area contributed by atoms with E-state index in [0.29, 0.717) is 6.42 Å². The highest BCUT2D eigenvalue weighted by Gasteiger charge is 2.30. The Morgan fingerprint density at radius 2 is 1.94 bits per heavy atom. The molecule has 0 aliphatic heterocycles. The van der Waals surface area contributed by atoms with Crippen LogP contribution in [0.4, 0.5) is 0 Å². The number of aliphatic hydroxyl groups excluding tert-OH is 1. The number of fused-ring (bicyclic) bond motifs is 1. The highest BCUT2D eigenvalue weighted by Crippen LogP contribution is 2.28. The molecule has 18 heavy (non-hydrogen) atoms. The van der Waals surface area contributed by atoms with E-state index in [1.807, 2.05) is 14.1 Å². The predicted molar refractivity (Wildman–Crippen MR) is 79.3 cm³/mol. The number of rotatable bonds is 4. The predicted octanol–water partition coefficient (Wildman–Crippen LogP) is 3.14. The van der Waals surface area contributed by atoms with Crippen LogP contribution in [0.2, 0.25) is 0 Å². The summed E-state index contributed by atoms with van der Waals surface area (Å²) in [4.78, 5) is 2.08. The third-order valence-electron chi connectivity index (χ3n) is 3.94. The molecule has 1 unspecified atom stereocenters. The van der Waals surface area contributed by atoms with E-state index >= 15 is 0 Å². The first-order valence-corrected chi connectivity index (χ1v) is 7.11. The van der Waals surface area contributed by atoms with Crippen LogP contribution >= 0.6 is 11.3 Å². The minimum Gasteiger partial charge on any atom is -0.391 e. The number of hydrogen-bond donors (Lipinski definition) is 1. The van der Waals surface area contributed by atoms with Crippen molar-refractivity contribution >= 4 is 21.4 Å². The molecule has 0 saturated carbocycles. The Morgan fingerprint density at radius 1 is 1.28 bits per heavy atom. The largest absolute Gasteiger partial charge is 0.391 e. The standard InChI is InChI=1S/C15H21NOS/c1-15(2,16(3)4)14(17)9-11-10-18-13-8-6-5-7-12(11)13/h5-8,10,14,17H,9H2,1-4H3. The van der Waals surface area contributed by atoms with Crippen LogP contribution in [0.1, 0.15) is 19.4 Å². The average Bonchev–Trinajstić information content (AvgIpc) is 2.72. The van der Waals surface area contributed by atoms with Crippen molar-refractivity contribution in [3.63, 3.8) is 0 Å². The summed E-state index contributed by atoms with van der Waals surface area (Å²) in [5.41, 5.74) is 1.03. The second-order valence-electron chi connectivity index (χ2n) is 5.53. The molecule has 1 aromatic heterocycles. The Kier molecular flexibility index (Phi) is 3.76. The van der Waals surface area contributed by atoms with Gasteiger partial charge in [0.1, 0.15) is 0 Å². The maximum absolute atomic E-state index is 10.4. The van der Waals surface area contributed by atoms with Gasteiger partial charge in [-0.3, -0.25) is 0 Å². The summed E-state index contributed by atoms with van der Waals surface area (Å²) in [6, 6.07) is 8.38. The van der Waals surface area contributed by atoms with Crippen molar-refractivity contribution in [1.82, 2.24) is 4.90 Å². The molecule has 0 aliphatic carbocycles. The van der Waals surface area contributed by atoms with Crippen molar-refractivity contribution in [3.8, 4) is 0 Å². The Morgan fingerprint density at radius 3 is 2.61 bits per heavy atom. The Balaban J connectivity index is 2.24. The van der Waals surface area contributed by atoms with Gasteiger partial charge >= 0.3 is 0 Å². The number of aliphatic hydroxyl groups is 1. The molecule has 0 saturated heterocycles. The van der Waals surface area contributed by atoms with Gasteiger partial charge in [-0.25, -0.2) is 0 Å². The summed E-state index contributed by atoms with van der Waals surface area (Å²) >= 11 is 1.75. The molecule has 98 valence electrons. The van der Waals surface area contributed by atoms with Crippen LogP contribution < -0.4 is 0 Å². The molecule has 2 aromatic rings. The van der Waals surface area contributed by atoms with Gasteiger partial charge in [-0.2, -0.15) is 0 Å². The van der Waals surface area contributed by atoms with Crippen molar-refractivity contribution in [2.75, 3.05) is 14.1 Å².